The molecule has 1 aliphatic heterocycles. The van der Waals surface area contributed by atoms with Crippen molar-refractivity contribution in [3.63, 3.8) is 0 Å². The van der Waals surface area contributed by atoms with Crippen molar-refractivity contribution >= 4 is 5.96 Å². The number of aromatic nitrogens is 2. The van der Waals surface area contributed by atoms with E-state index >= 15 is 0 Å². The first-order valence-corrected chi connectivity index (χ1v) is 10.9. The Kier molecular flexibility index (Phi) is 8.17. The molecule has 0 spiro atoms. The van der Waals surface area contributed by atoms with Gasteiger partial charge in [-0.25, -0.2) is 4.98 Å². The number of ether oxygens (including phenoxy) is 2. The van der Waals surface area contributed by atoms with Gasteiger partial charge in [0.25, 0.3) is 0 Å². The number of rotatable bonds is 9. The SMILES string of the molecule is CN=C(NCc1nccn1CC(C)C)NC1CCN(Cc2cc(OC)cc(OC)c2)C1. The van der Waals surface area contributed by atoms with Crippen molar-refractivity contribution in [2.75, 3.05) is 34.4 Å². The van der Waals surface area contributed by atoms with Crippen molar-refractivity contribution in [3.05, 3.63) is 42.0 Å². The first-order chi connectivity index (χ1) is 15.0. The van der Waals surface area contributed by atoms with Crippen LogP contribution in [0.25, 0.3) is 0 Å². The van der Waals surface area contributed by atoms with Gasteiger partial charge in [-0.05, 0) is 30.0 Å². The summed E-state index contributed by atoms with van der Waals surface area (Å²) in [5.74, 6) is 4.07. The second kappa shape index (κ2) is 11.0. The Balaban J connectivity index is 1.50. The maximum Gasteiger partial charge on any atom is 0.191 e. The number of hydrogen-bond acceptors (Lipinski definition) is 5. The van der Waals surface area contributed by atoms with Crippen LogP contribution in [-0.2, 0) is 19.6 Å². The van der Waals surface area contributed by atoms with Gasteiger partial charge in [0.15, 0.2) is 5.96 Å². The normalized spacial score (nSPS) is 17.2. The van der Waals surface area contributed by atoms with Gasteiger partial charge in [0, 0.05) is 57.7 Å². The number of imidazole rings is 1. The topological polar surface area (TPSA) is 75.9 Å². The summed E-state index contributed by atoms with van der Waals surface area (Å²) in [5, 5.41) is 6.97. The first-order valence-electron chi connectivity index (χ1n) is 10.9. The second-order valence-electron chi connectivity index (χ2n) is 8.40. The Morgan fingerprint density at radius 3 is 2.61 bits per heavy atom. The van der Waals surface area contributed by atoms with Gasteiger partial charge in [-0.1, -0.05) is 13.8 Å². The van der Waals surface area contributed by atoms with E-state index in [2.05, 4.69) is 56.1 Å². The van der Waals surface area contributed by atoms with Crippen LogP contribution in [0, 0.1) is 5.92 Å². The highest BCUT2D eigenvalue weighted by molar-refractivity contribution is 5.79. The predicted molar refractivity (Wildman–Crippen MR) is 124 cm³/mol. The van der Waals surface area contributed by atoms with Gasteiger partial charge in [-0.2, -0.15) is 0 Å². The summed E-state index contributed by atoms with van der Waals surface area (Å²) in [5.41, 5.74) is 1.19. The molecule has 8 heteroatoms. The molecular weight excluding hydrogens is 392 g/mol. The Morgan fingerprint density at radius 2 is 1.97 bits per heavy atom. The van der Waals surface area contributed by atoms with Crippen molar-refractivity contribution < 1.29 is 9.47 Å². The number of likely N-dealkylation sites (tertiary alicyclic amines) is 1. The first kappa shape index (κ1) is 22.9. The zero-order valence-corrected chi connectivity index (χ0v) is 19.4. The van der Waals surface area contributed by atoms with Gasteiger partial charge in [-0.3, -0.25) is 9.89 Å². The van der Waals surface area contributed by atoms with Crippen LogP contribution in [-0.4, -0.2) is 60.8 Å². The van der Waals surface area contributed by atoms with E-state index in [-0.39, 0.29) is 0 Å². The minimum atomic E-state index is 0.356. The average Bonchev–Trinajstić information content (AvgIpc) is 3.39. The molecule has 0 aliphatic carbocycles. The number of hydrogen-bond donors (Lipinski definition) is 2. The third kappa shape index (κ3) is 6.62. The van der Waals surface area contributed by atoms with Gasteiger partial charge in [0.05, 0.1) is 20.8 Å². The van der Waals surface area contributed by atoms with Crippen LogP contribution in [0.3, 0.4) is 0 Å². The largest absolute Gasteiger partial charge is 0.497 e. The van der Waals surface area contributed by atoms with Crippen LogP contribution in [0.5, 0.6) is 11.5 Å². The van der Waals surface area contributed by atoms with Crippen LogP contribution in [0.15, 0.2) is 35.6 Å². The van der Waals surface area contributed by atoms with Gasteiger partial charge in [0.2, 0.25) is 0 Å². The molecule has 2 N–H and O–H groups in total. The summed E-state index contributed by atoms with van der Waals surface area (Å²) in [6, 6.07) is 6.40. The molecule has 1 aromatic heterocycles. The van der Waals surface area contributed by atoms with Gasteiger partial charge in [-0.15, -0.1) is 0 Å². The molecule has 8 nitrogen and oxygen atoms in total. The lowest BCUT2D eigenvalue weighted by atomic mass is 10.2. The number of nitrogens with zero attached hydrogens (tertiary/aromatic N) is 4. The third-order valence-electron chi connectivity index (χ3n) is 5.43. The Labute approximate surface area is 185 Å². The van der Waals surface area contributed by atoms with E-state index in [1.54, 1.807) is 14.2 Å². The molecule has 1 fully saturated rings. The fourth-order valence-corrected chi connectivity index (χ4v) is 3.93. The molecule has 31 heavy (non-hydrogen) atoms. The number of benzene rings is 1. The molecule has 0 bridgehead atoms. The molecule has 2 aromatic rings. The molecule has 170 valence electrons. The zero-order valence-electron chi connectivity index (χ0n) is 19.4. The highest BCUT2D eigenvalue weighted by atomic mass is 16.5. The summed E-state index contributed by atoms with van der Waals surface area (Å²) >= 11 is 0. The van der Waals surface area contributed by atoms with E-state index in [4.69, 9.17) is 9.47 Å². The Hall–Kier alpha value is -2.74. The predicted octanol–water partition coefficient (Wildman–Crippen LogP) is 2.50. The summed E-state index contributed by atoms with van der Waals surface area (Å²) in [4.78, 5) is 11.3. The molecular formula is C23H36N6O2. The monoisotopic (exact) mass is 428 g/mol. The molecule has 1 atom stereocenters. The molecule has 0 amide bonds. The maximum absolute atomic E-state index is 5.40. The van der Waals surface area contributed by atoms with E-state index < -0.39 is 0 Å². The number of nitrogens with one attached hydrogen (secondary N) is 2. The summed E-state index contributed by atoms with van der Waals surface area (Å²) in [6.07, 6.45) is 4.97. The zero-order chi connectivity index (χ0) is 22.2. The fraction of sp³-hybridized carbons (Fsp3) is 0.565. The molecule has 0 radical (unpaired) electrons. The van der Waals surface area contributed by atoms with Crippen molar-refractivity contribution in [3.8, 4) is 11.5 Å². The lowest BCUT2D eigenvalue weighted by molar-refractivity contribution is 0.321. The van der Waals surface area contributed by atoms with E-state index in [0.717, 1.165) is 55.9 Å². The number of guanidine groups is 1. The standard InChI is InChI=1S/C23H36N6O2/c1-17(2)14-29-9-7-25-22(29)13-26-23(24-3)27-19-6-8-28(16-19)15-18-10-20(30-4)12-21(11-18)31-5/h7,9-12,17,19H,6,8,13-16H2,1-5H3,(H2,24,26,27). The minimum Gasteiger partial charge on any atom is -0.497 e. The molecule has 1 saturated heterocycles. The van der Waals surface area contributed by atoms with Crippen LogP contribution in [0.2, 0.25) is 0 Å². The van der Waals surface area contributed by atoms with E-state index in [1.165, 1.54) is 5.56 Å². The summed E-state index contributed by atoms with van der Waals surface area (Å²) in [6.45, 7) is 8.91. The maximum atomic E-state index is 5.40. The smallest absolute Gasteiger partial charge is 0.191 e. The summed E-state index contributed by atoms with van der Waals surface area (Å²) < 4.78 is 13.0. The minimum absolute atomic E-state index is 0.356. The second-order valence-corrected chi connectivity index (χ2v) is 8.40. The molecule has 2 heterocycles. The van der Waals surface area contributed by atoms with Crippen LogP contribution in [0.1, 0.15) is 31.7 Å². The van der Waals surface area contributed by atoms with Crippen molar-refractivity contribution in [2.45, 2.75) is 45.9 Å². The quantitative estimate of drug-likeness (QED) is 0.472. The molecule has 1 unspecified atom stereocenters. The Morgan fingerprint density at radius 1 is 1.23 bits per heavy atom. The Bertz CT molecular complexity index is 841. The number of aliphatic imine (C=N–C) groups is 1. The highest BCUT2D eigenvalue weighted by Gasteiger charge is 2.23. The van der Waals surface area contributed by atoms with E-state index in [0.29, 0.717) is 18.5 Å². The molecule has 3 rings (SSSR count). The van der Waals surface area contributed by atoms with E-state index in [9.17, 15) is 0 Å². The van der Waals surface area contributed by atoms with Gasteiger partial charge >= 0.3 is 0 Å². The summed E-state index contributed by atoms with van der Waals surface area (Å²) in [7, 11) is 5.18. The average molecular weight is 429 g/mol. The molecule has 1 aromatic carbocycles. The van der Waals surface area contributed by atoms with Crippen LogP contribution < -0.4 is 20.1 Å². The molecule has 1 aliphatic rings. The lowest BCUT2D eigenvalue weighted by Crippen LogP contribution is -2.44. The van der Waals surface area contributed by atoms with Crippen LogP contribution in [0.4, 0.5) is 0 Å². The number of methoxy groups -OCH3 is 2. The third-order valence-corrected chi connectivity index (χ3v) is 5.43. The fourth-order valence-electron chi connectivity index (χ4n) is 3.93. The van der Waals surface area contributed by atoms with E-state index in [1.807, 2.05) is 25.5 Å². The van der Waals surface area contributed by atoms with Crippen molar-refractivity contribution in [1.29, 1.82) is 0 Å². The lowest BCUT2D eigenvalue weighted by Gasteiger charge is -2.19. The van der Waals surface area contributed by atoms with Crippen LogP contribution >= 0.6 is 0 Å². The highest BCUT2D eigenvalue weighted by Crippen LogP contribution is 2.24. The van der Waals surface area contributed by atoms with Crippen molar-refractivity contribution in [1.82, 2.24) is 25.1 Å². The van der Waals surface area contributed by atoms with Crippen molar-refractivity contribution in [2.24, 2.45) is 10.9 Å². The molecule has 0 saturated carbocycles. The van der Waals surface area contributed by atoms with Gasteiger partial charge in [0.1, 0.15) is 17.3 Å². The van der Waals surface area contributed by atoms with Gasteiger partial charge < -0.3 is 24.7 Å².